The van der Waals surface area contributed by atoms with E-state index < -0.39 is 28.5 Å². The maximum Gasteiger partial charge on any atom is 0.244 e. The third kappa shape index (κ3) is 6.05. The van der Waals surface area contributed by atoms with Crippen LogP contribution in [-0.2, 0) is 26.2 Å². The van der Waals surface area contributed by atoms with Crippen molar-refractivity contribution in [2.45, 2.75) is 51.2 Å². The van der Waals surface area contributed by atoms with Gasteiger partial charge in [-0.1, -0.05) is 79.6 Å². The van der Waals surface area contributed by atoms with Crippen molar-refractivity contribution >= 4 is 38.3 Å². The van der Waals surface area contributed by atoms with Crippen LogP contribution in [0.15, 0.2) is 72.8 Å². The van der Waals surface area contributed by atoms with E-state index in [9.17, 15) is 18.0 Å². The molecule has 0 bridgehead atoms. The van der Waals surface area contributed by atoms with E-state index in [4.69, 9.17) is 0 Å². The van der Waals surface area contributed by atoms with Gasteiger partial charge in [0.25, 0.3) is 0 Å². The normalized spacial score (nSPS) is 14.9. The van der Waals surface area contributed by atoms with Crippen LogP contribution >= 0.6 is 0 Å². The second-order valence-electron chi connectivity index (χ2n) is 9.44. The summed E-state index contributed by atoms with van der Waals surface area (Å²) < 4.78 is 26.9. The minimum Gasteiger partial charge on any atom is -0.352 e. The minimum atomic E-state index is -3.79. The van der Waals surface area contributed by atoms with Gasteiger partial charge in [0.05, 0.1) is 11.9 Å². The molecule has 4 rings (SSSR count). The number of amides is 2. The summed E-state index contributed by atoms with van der Waals surface area (Å²) in [6, 6.07) is 21.6. The number of rotatable bonds is 9. The van der Waals surface area contributed by atoms with Gasteiger partial charge in [-0.3, -0.25) is 13.9 Å². The largest absolute Gasteiger partial charge is 0.352 e. The van der Waals surface area contributed by atoms with E-state index in [0.29, 0.717) is 5.69 Å². The van der Waals surface area contributed by atoms with E-state index in [-0.39, 0.29) is 18.5 Å². The summed E-state index contributed by atoms with van der Waals surface area (Å²) >= 11 is 0. The van der Waals surface area contributed by atoms with Gasteiger partial charge in [0, 0.05) is 18.0 Å². The molecule has 8 heteroatoms. The molecule has 0 spiro atoms. The lowest BCUT2D eigenvalue weighted by Crippen LogP contribution is -2.52. The van der Waals surface area contributed by atoms with E-state index in [0.717, 1.165) is 52.6 Å². The van der Waals surface area contributed by atoms with Crippen molar-refractivity contribution in [1.29, 1.82) is 0 Å². The van der Waals surface area contributed by atoms with Crippen molar-refractivity contribution in [3.05, 3.63) is 78.4 Å². The van der Waals surface area contributed by atoms with Gasteiger partial charge in [0.2, 0.25) is 21.8 Å². The molecule has 1 saturated carbocycles. The summed E-state index contributed by atoms with van der Waals surface area (Å²) in [5.41, 5.74) is 1.30. The summed E-state index contributed by atoms with van der Waals surface area (Å²) in [5.74, 6) is -0.659. The minimum absolute atomic E-state index is 0.122. The van der Waals surface area contributed by atoms with Gasteiger partial charge < -0.3 is 10.2 Å². The SMILES string of the molecule is C[C@@H](C(=O)NC1CCCC1)N(Cc1ccccc1)C(=O)CN(c1cccc2ccccc12)S(C)(=O)=O. The molecular formula is C28H33N3O4S. The third-order valence-corrected chi connectivity index (χ3v) is 7.91. The maximum absolute atomic E-state index is 13.7. The standard InChI is InChI=1S/C28H33N3O4S/c1-21(28(33)29-24-15-7-8-16-24)30(19-22-11-4-3-5-12-22)27(32)20-31(36(2,34)35)26-18-10-14-23-13-6-9-17-25(23)26/h3-6,9-14,17-18,21,24H,7-8,15-16,19-20H2,1-2H3,(H,29,33)/t21-/m0/s1. The van der Waals surface area contributed by atoms with Crippen LogP contribution in [0.5, 0.6) is 0 Å². The molecule has 0 radical (unpaired) electrons. The summed E-state index contributed by atoms with van der Waals surface area (Å²) in [5, 5.41) is 4.69. The van der Waals surface area contributed by atoms with Gasteiger partial charge in [0.1, 0.15) is 12.6 Å². The third-order valence-electron chi connectivity index (χ3n) is 6.78. The lowest BCUT2D eigenvalue weighted by Gasteiger charge is -2.32. The molecular weight excluding hydrogens is 474 g/mol. The van der Waals surface area contributed by atoms with Gasteiger partial charge in [-0.05, 0) is 36.8 Å². The number of hydrogen-bond donors (Lipinski definition) is 1. The van der Waals surface area contributed by atoms with Gasteiger partial charge in [0.15, 0.2) is 0 Å². The van der Waals surface area contributed by atoms with Gasteiger partial charge in [-0.2, -0.15) is 0 Å². The highest BCUT2D eigenvalue weighted by Crippen LogP contribution is 2.28. The number of benzene rings is 3. The first kappa shape index (κ1) is 25.7. The molecule has 1 aliphatic rings. The van der Waals surface area contributed by atoms with Crippen LogP contribution in [0.25, 0.3) is 10.8 Å². The number of sulfonamides is 1. The Morgan fingerprint density at radius 2 is 1.58 bits per heavy atom. The zero-order chi connectivity index (χ0) is 25.7. The quantitative estimate of drug-likeness (QED) is 0.473. The van der Waals surface area contributed by atoms with E-state index in [1.165, 1.54) is 4.90 Å². The number of nitrogens with zero attached hydrogens (tertiary/aromatic N) is 2. The van der Waals surface area contributed by atoms with Crippen molar-refractivity contribution < 1.29 is 18.0 Å². The van der Waals surface area contributed by atoms with E-state index in [1.54, 1.807) is 19.1 Å². The number of nitrogens with one attached hydrogen (secondary N) is 1. The van der Waals surface area contributed by atoms with E-state index >= 15 is 0 Å². The highest BCUT2D eigenvalue weighted by Gasteiger charge is 2.31. The first-order chi connectivity index (χ1) is 17.2. The Kier molecular flexibility index (Phi) is 7.94. The average molecular weight is 508 g/mol. The Morgan fingerprint density at radius 1 is 0.944 bits per heavy atom. The van der Waals surface area contributed by atoms with Crippen molar-refractivity contribution in [1.82, 2.24) is 10.2 Å². The molecule has 0 aromatic heterocycles. The molecule has 1 fully saturated rings. The van der Waals surface area contributed by atoms with Crippen LogP contribution in [0.4, 0.5) is 5.69 Å². The molecule has 1 N–H and O–H groups in total. The first-order valence-corrected chi connectivity index (χ1v) is 14.2. The fraction of sp³-hybridized carbons (Fsp3) is 0.357. The molecule has 1 atom stereocenters. The van der Waals surface area contributed by atoms with Crippen LogP contribution in [-0.4, -0.2) is 50.0 Å². The molecule has 7 nitrogen and oxygen atoms in total. The van der Waals surface area contributed by atoms with E-state index in [2.05, 4.69) is 5.32 Å². The second-order valence-corrected chi connectivity index (χ2v) is 11.3. The van der Waals surface area contributed by atoms with Crippen molar-refractivity contribution in [2.24, 2.45) is 0 Å². The topological polar surface area (TPSA) is 86.8 Å². The molecule has 3 aromatic carbocycles. The van der Waals surface area contributed by atoms with Gasteiger partial charge in [-0.15, -0.1) is 0 Å². The Bertz CT molecular complexity index is 1320. The van der Waals surface area contributed by atoms with Crippen molar-refractivity contribution in [3.63, 3.8) is 0 Å². The number of carbonyl (C=O) groups is 2. The van der Waals surface area contributed by atoms with Crippen LogP contribution in [0.3, 0.4) is 0 Å². The summed E-state index contributed by atoms with van der Waals surface area (Å²) in [6.45, 7) is 1.50. The Labute approximate surface area is 213 Å². The highest BCUT2D eigenvalue weighted by atomic mass is 32.2. The Morgan fingerprint density at radius 3 is 2.28 bits per heavy atom. The molecule has 0 aliphatic heterocycles. The number of fused-ring (bicyclic) bond motifs is 1. The van der Waals surface area contributed by atoms with Crippen LogP contribution in [0, 0.1) is 0 Å². The average Bonchev–Trinajstić information content (AvgIpc) is 3.38. The van der Waals surface area contributed by atoms with Crippen LogP contribution in [0.2, 0.25) is 0 Å². The summed E-state index contributed by atoms with van der Waals surface area (Å²) in [6.07, 6.45) is 5.14. The van der Waals surface area contributed by atoms with Crippen molar-refractivity contribution in [3.8, 4) is 0 Å². The van der Waals surface area contributed by atoms with Crippen molar-refractivity contribution in [2.75, 3.05) is 17.1 Å². The van der Waals surface area contributed by atoms with Crippen LogP contribution < -0.4 is 9.62 Å². The molecule has 36 heavy (non-hydrogen) atoms. The Balaban J connectivity index is 1.64. The number of carbonyl (C=O) groups excluding carboxylic acids is 2. The predicted molar refractivity (Wildman–Crippen MR) is 143 cm³/mol. The predicted octanol–water partition coefficient (Wildman–Crippen LogP) is 4.08. The number of anilines is 1. The van der Waals surface area contributed by atoms with Gasteiger partial charge in [-0.25, -0.2) is 8.42 Å². The first-order valence-electron chi connectivity index (χ1n) is 12.3. The van der Waals surface area contributed by atoms with Gasteiger partial charge >= 0.3 is 0 Å². The van der Waals surface area contributed by atoms with Crippen LogP contribution in [0.1, 0.15) is 38.2 Å². The monoisotopic (exact) mass is 507 g/mol. The fourth-order valence-corrected chi connectivity index (χ4v) is 5.64. The summed E-state index contributed by atoms with van der Waals surface area (Å²) in [4.78, 5) is 28.3. The summed E-state index contributed by atoms with van der Waals surface area (Å²) in [7, 11) is -3.79. The molecule has 0 saturated heterocycles. The molecule has 0 heterocycles. The Hall–Kier alpha value is -3.39. The zero-order valence-electron chi connectivity index (χ0n) is 20.8. The zero-order valence-corrected chi connectivity index (χ0v) is 21.6. The lowest BCUT2D eigenvalue weighted by molar-refractivity contribution is -0.139. The highest BCUT2D eigenvalue weighted by molar-refractivity contribution is 7.92. The second kappa shape index (κ2) is 11.1. The molecule has 3 aromatic rings. The molecule has 190 valence electrons. The molecule has 2 amide bonds. The molecule has 1 aliphatic carbocycles. The van der Waals surface area contributed by atoms with E-state index in [1.807, 2.05) is 60.7 Å². The molecule has 0 unspecified atom stereocenters. The lowest BCUT2D eigenvalue weighted by atomic mass is 10.1. The maximum atomic E-state index is 13.7. The number of hydrogen-bond acceptors (Lipinski definition) is 4. The fourth-order valence-electron chi connectivity index (χ4n) is 4.78. The smallest absolute Gasteiger partial charge is 0.244 e.